The second-order valence-electron chi connectivity index (χ2n) is 5.42. The summed E-state index contributed by atoms with van der Waals surface area (Å²) in [5.74, 6) is -0.418. The molecule has 0 aromatic heterocycles. The smallest absolute Gasteiger partial charge is 0.309 e. The molecule has 1 rings (SSSR count). The molecule has 0 aliphatic carbocycles. The second-order valence-corrected chi connectivity index (χ2v) is 6.17. The Bertz CT molecular complexity index is 530. The van der Waals surface area contributed by atoms with Gasteiger partial charge < -0.3 is 10.8 Å². The van der Waals surface area contributed by atoms with Crippen LogP contribution in [0.25, 0.3) is 0 Å². The van der Waals surface area contributed by atoms with E-state index in [1.54, 1.807) is 12.1 Å². The van der Waals surface area contributed by atoms with Crippen LogP contribution in [-0.4, -0.2) is 47.2 Å². The maximum absolute atomic E-state index is 10.8. The summed E-state index contributed by atoms with van der Waals surface area (Å²) in [6.07, 6.45) is 0.496. The minimum atomic E-state index is -0.876. The summed E-state index contributed by atoms with van der Waals surface area (Å²) in [5.41, 5.74) is 6.32. The number of nitrogens with zero attached hydrogens (tertiary/aromatic N) is 1. The van der Waals surface area contributed by atoms with Crippen molar-refractivity contribution in [3.05, 3.63) is 29.3 Å². The second kappa shape index (κ2) is 9.42. The number of carboxylic acid groups (broad SMARTS) is 1. The van der Waals surface area contributed by atoms with Crippen molar-refractivity contribution in [2.45, 2.75) is 25.8 Å². The van der Waals surface area contributed by atoms with Gasteiger partial charge in [-0.25, -0.2) is 0 Å². The van der Waals surface area contributed by atoms with Crippen molar-refractivity contribution < 1.29 is 25.7 Å². The Morgan fingerprint density at radius 3 is 2.65 bits per heavy atom. The van der Waals surface area contributed by atoms with E-state index in [0.717, 1.165) is 11.1 Å². The third kappa shape index (κ3) is 6.25. The van der Waals surface area contributed by atoms with Crippen LogP contribution in [-0.2, 0) is 16.1 Å². The van der Waals surface area contributed by atoms with Crippen LogP contribution in [0.15, 0.2) is 18.2 Å². The van der Waals surface area contributed by atoms with Crippen molar-refractivity contribution in [3.8, 4) is 0 Å². The number of alkyl halides is 2. The lowest BCUT2D eigenvalue weighted by Gasteiger charge is -2.26. The van der Waals surface area contributed by atoms with Gasteiger partial charge in [0.15, 0.2) is 12.2 Å². The lowest BCUT2D eigenvalue weighted by atomic mass is 9.99. The van der Waals surface area contributed by atoms with E-state index < -0.39 is 10.8 Å². The summed E-state index contributed by atoms with van der Waals surface area (Å²) < 4.78 is 0. The zero-order valence-corrected chi connectivity index (χ0v) is 14.7. The topological polar surface area (TPSA) is 94.4 Å². The first kappa shape index (κ1) is 20.2. The van der Waals surface area contributed by atoms with E-state index >= 15 is 0 Å². The normalized spacial score (nSPS) is 15.2. The quantitative estimate of drug-likeness (QED) is 0.334. The SMILES string of the molecule is Cc1ccc([N+](O)(CCCl)OCCCl)cc1C[C@@H]([NH3+])CC(=O)O. The van der Waals surface area contributed by atoms with Crippen molar-refractivity contribution in [2.24, 2.45) is 0 Å². The molecule has 0 bridgehead atoms. The number of carboxylic acids is 1. The summed E-state index contributed by atoms with van der Waals surface area (Å²) in [7, 11) is 0. The number of rotatable bonds is 10. The van der Waals surface area contributed by atoms with E-state index in [1.165, 1.54) is 0 Å². The molecule has 0 saturated heterocycles. The van der Waals surface area contributed by atoms with Crippen LogP contribution >= 0.6 is 23.2 Å². The van der Waals surface area contributed by atoms with Gasteiger partial charge in [0.05, 0.1) is 24.2 Å². The van der Waals surface area contributed by atoms with Gasteiger partial charge in [-0.1, -0.05) is 6.07 Å². The van der Waals surface area contributed by atoms with Crippen molar-refractivity contribution in [1.82, 2.24) is 4.81 Å². The predicted octanol–water partition coefficient (Wildman–Crippen LogP) is 1.73. The van der Waals surface area contributed by atoms with Crippen LogP contribution in [0.2, 0.25) is 0 Å². The van der Waals surface area contributed by atoms with Gasteiger partial charge >= 0.3 is 5.97 Å². The summed E-state index contributed by atoms with van der Waals surface area (Å²) in [4.78, 5) is 15.5. The van der Waals surface area contributed by atoms with Gasteiger partial charge in [-0.05, 0) is 22.9 Å². The number of carbonyl (C=O) groups is 1. The number of hydrogen-bond donors (Lipinski definition) is 3. The predicted molar refractivity (Wildman–Crippen MR) is 89.7 cm³/mol. The molecular formula is C15H24Cl2N2O4+2. The van der Waals surface area contributed by atoms with Gasteiger partial charge in [0.2, 0.25) is 0 Å². The molecule has 8 heteroatoms. The monoisotopic (exact) mass is 366 g/mol. The number of hydrogen-bond acceptors (Lipinski definition) is 3. The van der Waals surface area contributed by atoms with Gasteiger partial charge in [-0.2, -0.15) is 10.0 Å². The molecule has 0 radical (unpaired) electrons. The Morgan fingerprint density at radius 1 is 1.39 bits per heavy atom. The van der Waals surface area contributed by atoms with Crippen LogP contribution in [0, 0.1) is 6.92 Å². The standard InChI is InChI=1S/C15H22Cl2N2O4/c1-11-2-3-14(19(22,6-4-16)23-7-5-17)9-12(11)8-13(18)10-15(20)21/h2-3,9,13,22H,4-8,10,18H2,1H3/p+2/t13-,19?/m1/s1. The minimum absolute atomic E-state index is 0.00673. The Hall–Kier alpha value is -0.890. The molecule has 0 aliphatic heterocycles. The van der Waals surface area contributed by atoms with Gasteiger partial charge in [0.1, 0.15) is 6.61 Å². The molecule has 2 atom stereocenters. The van der Waals surface area contributed by atoms with E-state index in [9.17, 15) is 10.0 Å². The van der Waals surface area contributed by atoms with Crippen LogP contribution in [0.4, 0.5) is 5.69 Å². The van der Waals surface area contributed by atoms with E-state index in [2.05, 4.69) is 5.73 Å². The maximum Gasteiger partial charge on any atom is 0.309 e. The number of benzene rings is 1. The molecule has 6 nitrogen and oxygen atoms in total. The van der Waals surface area contributed by atoms with E-state index in [-0.39, 0.29) is 37.4 Å². The van der Waals surface area contributed by atoms with Crippen molar-refractivity contribution in [1.29, 1.82) is 0 Å². The van der Waals surface area contributed by atoms with E-state index in [0.29, 0.717) is 12.1 Å². The molecule has 1 aromatic carbocycles. The highest BCUT2D eigenvalue weighted by Gasteiger charge is 2.31. The number of aliphatic carboxylic acids is 1. The van der Waals surface area contributed by atoms with Crippen molar-refractivity contribution in [3.63, 3.8) is 0 Å². The van der Waals surface area contributed by atoms with Crippen LogP contribution in [0.5, 0.6) is 0 Å². The summed E-state index contributed by atoms with van der Waals surface area (Å²) in [6.45, 7) is 2.28. The summed E-state index contributed by atoms with van der Waals surface area (Å²) in [5, 5.41) is 19.5. The van der Waals surface area contributed by atoms with Crippen LogP contribution in [0.1, 0.15) is 17.5 Å². The molecule has 0 saturated carbocycles. The Morgan fingerprint density at radius 2 is 2.09 bits per heavy atom. The Kier molecular flexibility index (Phi) is 8.25. The number of aryl methyl sites for hydroxylation is 1. The molecule has 5 N–H and O–H groups in total. The fraction of sp³-hybridized carbons (Fsp3) is 0.533. The van der Waals surface area contributed by atoms with E-state index in [1.807, 2.05) is 13.0 Å². The highest BCUT2D eigenvalue weighted by molar-refractivity contribution is 6.18. The van der Waals surface area contributed by atoms with Gasteiger partial charge in [-0.3, -0.25) is 4.79 Å². The highest BCUT2D eigenvalue weighted by atomic mass is 35.5. The van der Waals surface area contributed by atoms with Crippen LogP contribution < -0.4 is 10.5 Å². The summed E-state index contributed by atoms with van der Waals surface area (Å²) in [6, 6.07) is 5.17. The fourth-order valence-corrected chi connectivity index (χ4v) is 2.59. The first-order valence-electron chi connectivity index (χ1n) is 7.34. The first-order chi connectivity index (χ1) is 10.8. The van der Waals surface area contributed by atoms with Gasteiger partial charge in [0, 0.05) is 18.6 Å². The zero-order chi connectivity index (χ0) is 17.5. The van der Waals surface area contributed by atoms with Crippen molar-refractivity contribution >= 4 is 34.9 Å². The zero-order valence-electron chi connectivity index (χ0n) is 13.2. The first-order valence-corrected chi connectivity index (χ1v) is 8.41. The molecule has 0 amide bonds. The highest BCUT2D eigenvalue weighted by Crippen LogP contribution is 2.26. The Balaban J connectivity index is 3.03. The molecule has 1 aromatic rings. The van der Waals surface area contributed by atoms with Crippen molar-refractivity contribution in [2.75, 3.05) is 24.9 Å². The van der Waals surface area contributed by atoms with Gasteiger partial charge in [0.25, 0.3) is 0 Å². The molecule has 130 valence electrons. The molecule has 1 unspecified atom stereocenters. The Labute approximate surface area is 145 Å². The summed E-state index contributed by atoms with van der Waals surface area (Å²) >= 11 is 11.4. The lowest BCUT2D eigenvalue weighted by molar-refractivity contribution is -0.418. The average Bonchev–Trinajstić information content (AvgIpc) is 2.46. The number of quaternary nitrogens is 2. The molecule has 23 heavy (non-hydrogen) atoms. The number of hydroxylamine groups is 2. The maximum atomic E-state index is 10.8. The molecule has 0 aliphatic rings. The lowest BCUT2D eigenvalue weighted by Crippen LogP contribution is -2.62. The molecular weight excluding hydrogens is 343 g/mol. The fourth-order valence-electron chi connectivity index (χ4n) is 2.29. The van der Waals surface area contributed by atoms with E-state index in [4.69, 9.17) is 33.1 Å². The third-order valence-corrected chi connectivity index (χ3v) is 3.80. The van der Waals surface area contributed by atoms with Crippen LogP contribution in [0.3, 0.4) is 0 Å². The average molecular weight is 367 g/mol. The molecule has 0 fully saturated rings. The molecule has 0 spiro atoms. The van der Waals surface area contributed by atoms with Gasteiger partial charge in [-0.15, -0.1) is 23.2 Å². The third-order valence-electron chi connectivity index (χ3n) is 3.48. The molecule has 0 heterocycles. The number of halogens is 2. The largest absolute Gasteiger partial charge is 0.481 e. The minimum Gasteiger partial charge on any atom is -0.481 e.